The molecule has 0 aliphatic heterocycles. The highest BCUT2D eigenvalue weighted by Crippen LogP contribution is 2.24. The van der Waals surface area contributed by atoms with Crippen LogP contribution in [0.3, 0.4) is 0 Å². The molecule has 0 aliphatic carbocycles. The van der Waals surface area contributed by atoms with E-state index in [0.717, 1.165) is 18.6 Å². The molecule has 0 radical (unpaired) electrons. The highest BCUT2D eigenvalue weighted by molar-refractivity contribution is 7.99. The zero-order valence-electron chi connectivity index (χ0n) is 12.5. The summed E-state index contributed by atoms with van der Waals surface area (Å²) in [7, 11) is 0. The summed E-state index contributed by atoms with van der Waals surface area (Å²) in [5.74, 6) is 0.488. The molecule has 1 aromatic rings. The normalized spacial score (nSPS) is 11.2. The number of hydrogen-bond acceptors (Lipinski definition) is 4. The van der Waals surface area contributed by atoms with E-state index < -0.39 is 10.9 Å². The second kappa shape index (κ2) is 10.0. The molecule has 0 fully saturated rings. The minimum absolute atomic E-state index is 0.269. The summed E-state index contributed by atoms with van der Waals surface area (Å²) in [4.78, 5) is 22.2. The van der Waals surface area contributed by atoms with Gasteiger partial charge in [-0.3, -0.25) is 9.59 Å². The maximum absolute atomic E-state index is 11.1. The third-order valence-corrected chi connectivity index (χ3v) is 4.75. The number of rotatable bonds is 12. The van der Waals surface area contributed by atoms with Gasteiger partial charge in [0, 0.05) is 0 Å². The van der Waals surface area contributed by atoms with Crippen molar-refractivity contribution in [2.45, 2.75) is 76.0 Å². The van der Waals surface area contributed by atoms with Crippen LogP contribution in [0.5, 0.6) is 5.75 Å². The molecule has 0 aliphatic rings. The molecule has 20 heavy (non-hydrogen) atoms. The van der Waals surface area contributed by atoms with Crippen LogP contribution in [-0.4, -0.2) is 10.9 Å². The zero-order valence-corrected chi connectivity index (χ0v) is 13.3. The smallest absolute Gasteiger partial charge is 0.269 e. The Labute approximate surface area is 125 Å². The zero-order chi connectivity index (χ0) is 14.8. The van der Waals surface area contributed by atoms with Crippen LogP contribution >= 0.6 is 11.8 Å². The van der Waals surface area contributed by atoms with Crippen molar-refractivity contribution in [1.82, 2.24) is 0 Å². The number of thioether (sulfide) groups is 1. The summed E-state index contributed by atoms with van der Waals surface area (Å²) >= 11 is 1.32. The topological polar surface area (TPSA) is 54.4 Å². The minimum Gasteiger partial charge on any atom is -0.503 e. The van der Waals surface area contributed by atoms with Crippen LogP contribution in [-0.2, 0) is 0 Å². The molecule has 1 aromatic carbocycles. The highest BCUT2D eigenvalue weighted by atomic mass is 32.2. The van der Waals surface area contributed by atoms with Gasteiger partial charge in [-0.15, -0.1) is 11.8 Å². The lowest BCUT2D eigenvalue weighted by Crippen LogP contribution is -2.31. The third-order valence-electron chi connectivity index (χ3n) is 3.59. The van der Waals surface area contributed by atoms with Gasteiger partial charge in [0.2, 0.25) is 5.43 Å². The molecule has 114 valence electrons. The first-order valence-electron chi connectivity index (χ1n) is 7.83. The Hall–Kier alpha value is -0.770. The SMILES string of the molecule is CCCCCCCCCCCCSc1c(O)c(=O)c1=O. The van der Waals surface area contributed by atoms with E-state index in [1.54, 1.807) is 0 Å². The predicted molar refractivity (Wildman–Crippen MR) is 85.6 cm³/mol. The van der Waals surface area contributed by atoms with E-state index >= 15 is 0 Å². The first-order chi connectivity index (χ1) is 9.68. The third kappa shape index (κ3) is 5.70. The number of hydrogen-bond donors (Lipinski definition) is 1. The number of aromatic hydroxyl groups is 1. The van der Waals surface area contributed by atoms with Crippen molar-refractivity contribution >= 4 is 11.8 Å². The van der Waals surface area contributed by atoms with Crippen LogP contribution in [0.1, 0.15) is 71.1 Å². The van der Waals surface area contributed by atoms with Crippen molar-refractivity contribution in [3.05, 3.63) is 20.4 Å². The summed E-state index contributed by atoms with van der Waals surface area (Å²) in [6, 6.07) is 0. The maximum Gasteiger partial charge on any atom is 0.269 e. The molecule has 0 heterocycles. The van der Waals surface area contributed by atoms with Gasteiger partial charge in [-0.2, -0.15) is 0 Å². The van der Waals surface area contributed by atoms with Crippen LogP contribution in [0.15, 0.2) is 14.5 Å². The van der Waals surface area contributed by atoms with Gasteiger partial charge >= 0.3 is 0 Å². The van der Waals surface area contributed by atoms with E-state index in [2.05, 4.69) is 6.92 Å². The summed E-state index contributed by atoms with van der Waals surface area (Å²) in [6.45, 7) is 2.24. The average Bonchev–Trinajstić information content (AvgIpc) is 2.47. The lowest BCUT2D eigenvalue weighted by molar-refractivity contribution is 0.446. The fourth-order valence-electron chi connectivity index (χ4n) is 2.26. The first kappa shape index (κ1) is 17.3. The second-order valence-corrected chi connectivity index (χ2v) is 6.47. The van der Waals surface area contributed by atoms with E-state index in [0.29, 0.717) is 0 Å². The minimum atomic E-state index is -0.726. The Balaban J connectivity index is 1.88. The van der Waals surface area contributed by atoms with Crippen molar-refractivity contribution < 1.29 is 5.11 Å². The maximum atomic E-state index is 11.1. The van der Waals surface area contributed by atoms with Crippen molar-refractivity contribution in [3.63, 3.8) is 0 Å². The predicted octanol–water partition coefficient (Wildman–Crippen LogP) is 4.00. The highest BCUT2D eigenvalue weighted by Gasteiger charge is 2.19. The number of unbranched alkanes of at least 4 members (excludes halogenated alkanes) is 9. The van der Waals surface area contributed by atoms with Crippen LogP contribution < -0.4 is 10.9 Å². The van der Waals surface area contributed by atoms with E-state index in [1.165, 1.54) is 63.1 Å². The molecule has 0 atom stereocenters. The quantitative estimate of drug-likeness (QED) is 0.360. The van der Waals surface area contributed by atoms with Gasteiger partial charge in [0.25, 0.3) is 5.43 Å². The van der Waals surface area contributed by atoms with Crippen molar-refractivity contribution in [2.24, 2.45) is 0 Å². The van der Waals surface area contributed by atoms with Gasteiger partial charge in [-0.05, 0) is 12.2 Å². The lowest BCUT2D eigenvalue weighted by atomic mass is 10.1. The Kier molecular flexibility index (Phi) is 8.67. The first-order valence-corrected chi connectivity index (χ1v) is 8.82. The van der Waals surface area contributed by atoms with Gasteiger partial charge in [0.15, 0.2) is 5.75 Å². The van der Waals surface area contributed by atoms with Crippen molar-refractivity contribution in [1.29, 1.82) is 0 Å². The molecule has 0 amide bonds. The van der Waals surface area contributed by atoms with Gasteiger partial charge in [-0.25, -0.2) is 0 Å². The lowest BCUT2D eigenvalue weighted by Gasteiger charge is -2.05. The summed E-state index contributed by atoms with van der Waals surface area (Å²) in [6.07, 6.45) is 12.8. The molecule has 1 rings (SSSR count). The Bertz CT molecular complexity index is 447. The fourth-order valence-corrected chi connectivity index (χ4v) is 3.26. The van der Waals surface area contributed by atoms with E-state index in [-0.39, 0.29) is 10.6 Å². The van der Waals surface area contributed by atoms with Gasteiger partial charge in [0.05, 0.1) is 0 Å². The Morgan fingerprint density at radius 2 is 1.30 bits per heavy atom. The molecule has 0 aromatic heterocycles. The molecule has 0 unspecified atom stereocenters. The van der Waals surface area contributed by atoms with Crippen LogP contribution in [0.2, 0.25) is 0 Å². The summed E-state index contributed by atoms with van der Waals surface area (Å²) in [5, 5.41) is 9.20. The molecule has 1 N–H and O–H groups in total. The van der Waals surface area contributed by atoms with Crippen molar-refractivity contribution in [3.8, 4) is 5.75 Å². The molecule has 0 saturated heterocycles. The molecule has 4 heteroatoms. The Morgan fingerprint density at radius 1 is 0.800 bits per heavy atom. The summed E-state index contributed by atoms with van der Waals surface area (Å²) < 4.78 is 0. The molecule has 3 nitrogen and oxygen atoms in total. The second-order valence-electron chi connectivity index (χ2n) is 5.37. The average molecular weight is 298 g/mol. The van der Waals surface area contributed by atoms with E-state index in [4.69, 9.17) is 0 Å². The van der Waals surface area contributed by atoms with Crippen LogP contribution in [0.4, 0.5) is 0 Å². The fraction of sp³-hybridized carbons (Fsp3) is 0.750. The van der Waals surface area contributed by atoms with Crippen LogP contribution in [0, 0.1) is 0 Å². The molecular weight excluding hydrogens is 272 g/mol. The van der Waals surface area contributed by atoms with Gasteiger partial charge < -0.3 is 5.11 Å². The van der Waals surface area contributed by atoms with Gasteiger partial charge in [-0.1, -0.05) is 64.7 Å². The molecule has 0 saturated carbocycles. The van der Waals surface area contributed by atoms with E-state index in [9.17, 15) is 14.7 Å². The Morgan fingerprint density at radius 3 is 1.80 bits per heavy atom. The standard InChI is InChI=1S/C16H26O3S/c1-2-3-4-5-6-7-8-9-10-11-12-20-16-14(18)13(17)15(16)19/h18H,2-12H2,1H3. The molecule has 0 spiro atoms. The van der Waals surface area contributed by atoms with E-state index in [1.807, 2.05) is 0 Å². The summed E-state index contributed by atoms with van der Waals surface area (Å²) in [5.41, 5.74) is -1.24. The van der Waals surface area contributed by atoms with Crippen LogP contribution in [0.25, 0.3) is 0 Å². The molecular formula is C16H26O3S. The van der Waals surface area contributed by atoms with Gasteiger partial charge in [0.1, 0.15) is 4.90 Å². The largest absolute Gasteiger partial charge is 0.503 e. The van der Waals surface area contributed by atoms with Crippen molar-refractivity contribution in [2.75, 3.05) is 5.75 Å². The molecule has 0 bridgehead atoms. The monoisotopic (exact) mass is 298 g/mol.